The fourth-order valence-corrected chi connectivity index (χ4v) is 5.18. The molecule has 1 amide bonds. The smallest absolute Gasteiger partial charge is 0.287 e. The van der Waals surface area contributed by atoms with E-state index in [0.29, 0.717) is 24.0 Å². The number of nitrogens with one attached hydrogen (secondary N) is 1. The molecule has 0 saturated carbocycles. The molecule has 1 aliphatic carbocycles. The molecule has 142 valence electrons. The van der Waals surface area contributed by atoms with E-state index in [-0.39, 0.29) is 11.9 Å². The Labute approximate surface area is 163 Å². The van der Waals surface area contributed by atoms with Crippen LogP contribution in [-0.2, 0) is 12.8 Å². The maximum absolute atomic E-state index is 12.7. The van der Waals surface area contributed by atoms with Gasteiger partial charge in [0.15, 0.2) is 5.76 Å². The standard InChI is InChI=1S/C21H24N2O3S/c1-12-18-16(8-9-17-19(18)23-13(2)27-17)26-20(12)21(24)22-11-10-14-6-4-5-7-15(14)25-3/h4-7,17,19H,8-11H2,1-3H3,(H,22,24)/t17-,19-/m0/s1. The van der Waals surface area contributed by atoms with Crippen molar-refractivity contribution >= 4 is 22.7 Å². The highest BCUT2D eigenvalue weighted by molar-refractivity contribution is 8.14. The number of thioether (sulfide) groups is 1. The molecule has 5 nitrogen and oxygen atoms in total. The van der Waals surface area contributed by atoms with Gasteiger partial charge in [-0.05, 0) is 38.3 Å². The van der Waals surface area contributed by atoms with Crippen molar-refractivity contribution in [1.82, 2.24) is 5.32 Å². The van der Waals surface area contributed by atoms with Crippen molar-refractivity contribution in [1.29, 1.82) is 0 Å². The summed E-state index contributed by atoms with van der Waals surface area (Å²) < 4.78 is 11.3. The molecule has 1 aromatic heterocycles. The normalized spacial score (nSPS) is 20.6. The van der Waals surface area contributed by atoms with Crippen molar-refractivity contribution in [3.63, 3.8) is 0 Å². The first kappa shape index (κ1) is 18.2. The number of amides is 1. The first-order valence-electron chi connectivity index (χ1n) is 9.31. The molecule has 0 bridgehead atoms. The number of aliphatic imine (C=N–C) groups is 1. The van der Waals surface area contributed by atoms with Gasteiger partial charge in [0.25, 0.3) is 5.91 Å². The molecule has 27 heavy (non-hydrogen) atoms. The minimum Gasteiger partial charge on any atom is -0.496 e. The SMILES string of the molecule is COc1ccccc1CCNC(=O)c1oc2c(c1C)[C@H]1N=C(C)S[C@H]1CC2. The first-order chi connectivity index (χ1) is 13.1. The topological polar surface area (TPSA) is 63.8 Å². The Kier molecular flexibility index (Phi) is 5.00. The van der Waals surface area contributed by atoms with Crippen LogP contribution in [0.4, 0.5) is 0 Å². The van der Waals surface area contributed by atoms with E-state index in [1.54, 1.807) is 7.11 Å². The number of carbonyl (C=O) groups excluding carboxylic acids is 1. The van der Waals surface area contributed by atoms with Gasteiger partial charge in [-0.1, -0.05) is 18.2 Å². The molecular formula is C21H24N2O3S. The number of carbonyl (C=O) groups is 1. The van der Waals surface area contributed by atoms with E-state index in [9.17, 15) is 4.79 Å². The summed E-state index contributed by atoms with van der Waals surface area (Å²) in [6.07, 6.45) is 2.63. The molecule has 1 N–H and O–H groups in total. The molecule has 2 heterocycles. The van der Waals surface area contributed by atoms with E-state index in [0.717, 1.165) is 46.1 Å². The van der Waals surface area contributed by atoms with Crippen molar-refractivity contribution in [2.45, 2.75) is 44.4 Å². The van der Waals surface area contributed by atoms with E-state index in [1.165, 1.54) is 0 Å². The van der Waals surface area contributed by atoms with Crippen LogP contribution in [0.25, 0.3) is 0 Å². The Morgan fingerprint density at radius 1 is 1.37 bits per heavy atom. The molecule has 2 aromatic rings. The largest absolute Gasteiger partial charge is 0.496 e. The van der Waals surface area contributed by atoms with Crippen LogP contribution in [0.3, 0.4) is 0 Å². The third-order valence-electron chi connectivity index (χ3n) is 5.30. The molecule has 2 aliphatic rings. The Morgan fingerprint density at radius 3 is 3.00 bits per heavy atom. The third-order valence-corrected chi connectivity index (χ3v) is 6.54. The number of furan rings is 1. The van der Waals surface area contributed by atoms with Crippen LogP contribution in [-0.4, -0.2) is 29.9 Å². The lowest BCUT2D eigenvalue weighted by molar-refractivity contribution is 0.0923. The van der Waals surface area contributed by atoms with Gasteiger partial charge in [-0.2, -0.15) is 0 Å². The average molecular weight is 385 g/mol. The van der Waals surface area contributed by atoms with Gasteiger partial charge >= 0.3 is 0 Å². The minimum atomic E-state index is -0.153. The van der Waals surface area contributed by atoms with Gasteiger partial charge in [0.05, 0.1) is 18.2 Å². The number of hydrogen-bond acceptors (Lipinski definition) is 5. The van der Waals surface area contributed by atoms with Gasteiger partial charge in [-0.3, -0.25) is 9.79 Å². The number of ether oxygens (including phenoxy) is 1. The number of fused-ring (bicyclic) bond motifs is 3. The molecule has 1 aromatic carbocycles. The number of methoxy groups -OCH3 is 1. The Bertz CT molecular complexity index is 903. The summed E-state index contributed by atoms with van der Waals surface area (Å²) in [7, 11) is 1.66. The number of benzene rings is 1. The van der Waals surface area contributed by atoms with Crippen LogP contribution in [0.15, 0.2) is 33.7 Å². The first-order valence-corrected chi connectivity index (χ1v) is 10.2. The van der Waals surface area contributed by atoms with Crippen LogP contribution >= 0.6 is 11.8 Å². The predicted octanol–water partition coefficient (Wildman–Crippen LogP) is 4.09. The highest BCUT2D eigenvalue weighted by Gasteiger charge is 2.39. The second-order valence-corrected chi connectivity index (χ2v) is 8.43. The molecule has 2 atom stereocenters. The second-order valence-electron chi connectivity index (χ2n) is 7.00. The lowest BCUT2D eigenvalue weighted by atomic mass is 9.90. The fraction of sp³-hybridized carbons (Fsp3) is 0.429. The van der Waals surface area contributed by atoms with Crippen molar-refractivity contribution < 1.29 is 13.9 Å². The maximum atomic E-state index is 12.7. The number of para-hydroxylation sites is 1. The lowest BCUT2D eigenvalue weighted by Gasteiger charge is -2.22. The molecule has 4 rings (SSSR count). The Morgan fingerprint density at radius 2 is 2.19 bits per heavy atom. The van der Waals surface area contributed by atoms with E-state index >= 15 is 0 Å². The minimum absolute atomic E-state index is 0.137. The zero-order valence-corrected chi connectivity index (χ0v) is 16.7. The van der Waals surface area contributed by atoms with Gasteiger partial charge in [0.1, 0.15) is 11.5 Å². The zero-order valence-electron chi connectivity index (χ0n) is 15.9. The van der Waals surface area contributed by atoms with Crippen LogP contribution in [0, 0.1) is 6.92 Å². The van der Waals surface area contributed by atoms with E-state index in [2.05, 4.69) is 12.2 Å². The quantitative estimate of drug-likeness (QED) is 0.843. The van der Waals surface area contributed by atoms with Gasteiger partial charge in [-0.15, -0.1) is 11.8 Å². The maximum Gasteiger partial charge on any atom is 0.287 e. The number of nitrogens with zero attached hydrogens (tertiary/aromatic N) is 1. The molecule has 0 spiro atoms. The summed E-state index contributed by atoms with van der Waals surface area (Å²) in [6, 6.07) is 8.00. The molecule has 0 fully saturated rings. The molecule has 1 aliphatic heterocycles. The fourth-order valence-electron chi connectivity index (χ4n) is 4.01. The van der Waals surface area contributed by atoms with Gasteiger partial charge < -0.3 is 14.5 Å². The van der Waals surface area contributed by atoms with E-state index < -0.39 is 0 Å². The summed E-state index contributed by atoms with van der Waals surface area (Å²) in [5, 5.41) is 4.60. The molecule has 0 unspecified atom stereocenters. The third kappa shape index (κ3) is 3.38. The monoisotopic (exact) mass is 384 g/mol. The number of rotatable bonds is 5. The average Bonchev–Trinajstić information content (AvgIpc) is 3.21. The highest BCUT2D eigenvalue weighted by atomic mass is 32.2. The molecular weight excluding hydrogens is 360 g/mol. The summed E-state index contributed by atoms with van der Waals surface area (Å²) in [4.78, 5) is 17.5. The van der Waals surface area contributed by atoms with E-state index in [4.69, 9.17) is 14.1 Å². The van der Waals surface area contributed by atoms with Crippen molar-refractivity contribution in [2.24, 2.45) is 4.99 Å². The number of hydrogen-bond donors (Lipinski definition) is 1. The summed E-state index contributed by atoms with van der Waals surface area (Å²) in [5.74, 6) is 2.06. The van der Waals surface area contributed by atoms with Crippen molar-refractivity contribution in [2.75, 3.05) is 13.7 Å². The highest BCUT2D eigenvalue weighted by Crippen LogP contribution is 2.47. The van der Waals surface area contributed by atoms with Crippen molar-refractivity contribution in [3.05, 3.63) is 52.5 Å². The van der Waals surface area contributed by atoms with Crippen LogP contribution < -0.4 is 10.1 Å². The van der Waals surface area contributed by atoms with Gasteiger partial charge in [0, 0.05) is 29.3 Å². The van der Waals surface area contributed by atoms with Crippen molar-refractivity contribution in [3.8, 4) is 5.75 Å². The zero-order chi connectivity index (χ0) is 19.0. The number of aryl methyl sites for hydroxylation is 1. The Balaban J connectivity index is 1.46. The Hall–Kier alpha value is -2.21. The van der Waals surface area contributed by atoms with Gasteiger partial charge in [-0.25, -0.2) is 0 Å². The molecule has 6 heteroatoms. The second kappa shape index (κ2) is 7.43. The molecule has 0 saturated heterocycles. The molecule has 0 radical (unpaired) electrons. The summed E-state index contributed by atoms with van der Waals surface area (Å²) >= 11 is 1.85. The van der Waals surface area contributed by atoms with Crippen LogP contribution in [0.1, 0.15) is 52.4 Å². The van der Waals surface area contributed by atoms with Gasteiger partial charge in [0.2, 0.25) is 0 Å². The van der Waals surface area contributed by atoms with Crippen LogP contribution in [0.2, 0.25) is 0 Å². The summed E-state index contributed by atoms with van der Waals surface area (Å²) in [5.41, 5.74) is 3.14. The summed E-state index contributed by atoms with van der Waals surface area (Å²) in [6.45, 7) is 4.57. The van der Waals surface area contributed by atoms with Crippen LogP contribution in [0.5, 0.6) is 5.75 Å². The predicted molar refractivity (Wildman–Crippen MR) is 108 cm³/mol. The lowest BCUT2D eigenvalue weighted by Crippen LogP contribution is -2.26. The van der Waals surface area contributed by atoms with E-state index in [1.807, 2.05) is 43.0 Å².